The van der Waals surface area contributed by atoms with Gasteiger partial charge in [-0.15, -0.1) is 0 Å². The standard InChI is InChI=1S/C23H26N2O5/c1-4-29-21-9-11-22(12-10-21)30-15-20(27)14-24-13-16(2)25(23(24)28)19-7-5-18(6-8-19)17(3)26/h5-13,20,27H,4,14-15H2,1-3H3. The molecule has 1 atom stereocenters. The van der Waals surface area contributed by atoms with Crippen LogP contribution >= 0.6 is 0 Å². The molecule has 3 rings (SSSR count). The lowest BCUT2D eigenvalue weighted by atomic mass is 10.1. The van der Waals surface area contributed by atoms with Gasteiger partial charge in [-0.25, -0.2) is 4.79 Å². The van der Waals surface area contributed by atoms with Gasteiger partial charge in [-0.05, 0) is 69.3 Å². The van der Waals surface area contributed by atoms with Gasteiger partial charge in [0, 0.05) is 17.5 Å². The van der Waals surface area contributed by atoms with Crippen LogP contribution in [0.5, 0.6) is 11.5 Å². The topological polar surface area (TPSA) is 82.7 Å². The molecule has 0 saturated carbocycles. The summed E-state index contributed by atoms with van der Waals surface area (Å²) in [6.07, 6.45) is 0.839. The maximum absolute atomic E-state index is 12.8. The van der Waals surface area contributed by atoms with E-state index in [1.807, 2.05) is 13.8 Å². The van der Waals surface area contributed by atoms with Crippen molar-refractivity contribution in [1.29, 1.82) is 0 Å². The minimum atomic E-state index is -0.857. The predicted molar refractivity (Wildman–Crippen MR) is 114 cm³/mol. The number of aryl methyl sites for hydroxylation is 1. The van der Waals surface area contributed by atoms with Crippen molar-refractivity contribution in [2.24, 2.45) is 0 Å². The van der Waals surface area contributed by atoms with Crippen LogP contribution in [-0.2, 0) is 6.54 Å². The molecule has 0 bridgehead atoms. The Hall–Kier alpha value is -3.32. The second-order valence-corrected chi connectivity index (χ2v) is 7.01. The third-order valence-electron chi connectivity index (χ3n) is 4.65. The summed E-state index contributed by atoms with van der Waals surface area (Å²) in [6, 6.07) is 14.0. The number of carbonyl (C=O) groups is 1. The minimum absolute atomic E-state index is 0.0289. The molecule has 0 aliphatic carbocycles. The molecule has 7 nitrogen and oxygen atoms in total. The Bertz CT molecular complexity index is 1050. The van der Waals surface area contributed by atoms with Gasteiger partial charge in [0.25, 0.3) is 0 Å². The van der Waals surface area contributed by atoms with Crippen molar-refractivity contribution in [2.75, 3.05) is 13.2 Å². The molecule has 0 aliphatic rings. The summed E-state index contributed by atoms with van der Waals surface area (Å²) in [4.78, 5) is 24.3. The van der Waals surface area contributed by atoms with Gasteiger partial charge in [0.05, 0.1) is 18.8 Å². The van der Waals surface area contributed by atoms with Gasteiger partial charge in [0.15, 0.2) is 5.78 Å². The summed E-state index contributed by atoms with van der Waals surface area (Å²) in [5, 5.41) is 10.3. The Balaban J connectivity index is 1.66. The Labute approximate surface area is 175 Å². The molecule has 1 heterocycles. The lowest BCUT2D eigenvalue weighted by Gasteiger charge is -2.13. The first-order valence-corrected chi connectivity index (χ1v) is 9.83. The maximum atomic E-state index is 12.8. The summed E-state index contributed by atoms with van der Waals surface area (Å²) in [6.45, 7) is 5.99. The fraction of sp³-hybridized carbons (Fsp3) is 0.304. The van der Waals surface area contributed by atoms with Crippen LogP contribution in [0.4, 0.5) is 0 Å². The minimum Gasteiger partial charge on any atom is -0.494 e. The zero-order chi connectivity index (χ0) is 21.7. The van der Waals surface area contributed by atoms with E-state index in [1.54, 1.807) is 59.3 Å². The van der Waals surface area contributed by atoms with E-state index >= 15 is 0 Å². The normalized spacial score (nSPS) is 11.9. The zero-order valence-corrected chi connectivity index (χ0v) is 17.4. The first-order chi connectivity index (χ1) is 14.4. The monoisotopic (exact) mass is 410 g/mol. The summed E-state index contributed by atoms with van der Waals surface area (Å²) in [5.41, 5.74) is 1.73. The SMILES string of the molecule is CCOc1ccc(OCC(O)Cn2cc(C)n(-c3ccc(C(C)=O)cc3)c2=O)cc1. The van der Waals surface area contributed by atoms with Gasteiger partial charge in [-0.3, -0.25) is 13.9 Å². The predicted octanol–water partition coefficient (Wildman–Crippen LogP) is 2.99. The highest BCUT2D eigenvalue weighted by atomic mass is 16.5. The fourth-order valence-corrected chi connectivity index (χ4v) is 3.18. The van der Waals surface area contributed by atoms with Gasteiger partial charge >= 0.3 is 5.69 Å². The molecule has 0 aliphatic heterocycles. The Morgan fingerprint density at radius 3 is 2.20 bits per heavy atom. The summed E-state index contributed by atoms with van der Waals surface area (Å²) >= 11 is 0. The van der Waals surface area contributed by atoms with Crippen LogP contribution in [0.3, 0.4) is 0 Å². The number of imidazole rings is 1. The van der Waals surface area contributed by atoms with Crippen LogP contribution in [0.2, 0.25) is 0 Å². The fourth-order valence-electron chi connectivity index (χ4n) is 3.18. The summed E-state index contributed by atoms with van der Waals surface area (Å²) in [5.74, 6) is 1.34. The van der Waals surface area contributed by atoms with E-state index in [2.05, 4.69) is 0 Å². The first kappa shape index (κ1) is 21.4. The highest BCUT2D eigenvalue weighted by molar-refractivity contribution is 5.94. The van der Waals surface area contributed by atoms with E-state index < -0.39 is 6.10 Å². The molecule has 0 amide bonds. The average molecular weight is 410 g/mol. The molecule has 30 heavy (non-hydrogen) atoms. The maximum Gasteiger partial charge on any atom is 0.333 e. The van der Waals surface area contributed by atoms with Crippen LogP contribution in [0.25, 0.3) is 5.69 Å². The number of hydrogen-bond donors (Lipinski definition) is 1. The molecule has 0 spiro atoms. The van der Waals surface area contributed by atoms with Crippen molar-refractivity contribution < 1.29 is 19.4 Å². The van der Waals surface area contributed by atoms with Crippen molar-refractivity contribution in [2.45, 2.75) is 33.4 Å². The van der Waals surface area contributed by atoms with Crippen LogP contribution < -0.4 is 15.2 Å². The molecule has 2 aromatic carbocycles. The quantitative estimate of drug-likeness (QED) is 0.549. The number of benzene rings is 2. The average Bonchev–Trinajstić information content (AvgIpc) is 3.00. The van der Waals surface area contributed by atoms with Gasteiger partial charge in [-0.1, -0.05) is 0 Å². The second-order valence-electron chi connectivity index (χ2n) is 7.01. The van der Waals surface area contributed by atoms with E-state index in [9.17, 15) is 14.7 Å². The van der Waals surface area contributed by atoms with Crippen molar-refractivity contribution in [1.82, 2.24) is 9.13 Å². The lowest BCUT2D eigenvalue weighted by molar-refractivity contribution is 0.0915. The van der Waals surface area contributed by atoms with Gasteiger partial charge in [0.2, 0.25) is 0 Å². The number of carbonyl (C=O) groups excluding carboxylic acids is 1. The molecule has 0 radical (unpaired) electrons. The highest BCUT2D eigenvalue weighted by Gasteiger charge is 2.14. The Kier molecular flexibility index (Phi) is 6.74. The van der Waals surface area contributed by atoms with Crippen molar-refractivity contribution in [3.05, 3.63) is 76.5 Å². The van der Waals surface area contributed by atoms with Gasteiger partial charge in [-0.2, -0.15) is 0 Å². The van der Waals surface area contributed by atoms with E-state index in [0.29, 0.717) is 23.6 Å². The van der Waals surface area contributed by atoms with Crippen molar-refractivity contribution in [3.63, 3.8) is 0 Å². The van der Waals surface area contributed by atoms with Crippen LogP contribution in [0.15, 0.2) is 59.5 Å². The lowest BCUT2D eigenvalue weighted by Crippen LogP contribution is -2.31. The molecule has 0 fully saturated rings. The molecular weight excluding hydrogens is 384 g/mol. The van der Waals surface area contributed by atoms with E-state index in [-0.39, 0.29) is 24.6 Å². The number of ether oxygens (including phenoxy) is 2. The van der Waals surface area contributed by atoms with Crippen molar-refractivity contribution in [3.8, 4) is 17.2 Å². The van der Waals surface area contributed by atoms with Crippen LogP contribution in [-0.4, -0.2) is 39.3 Å². The van der Waals surface area contributed by atoms with Gasteiger partial charge < -0.3 is 14.6 Å². The molecule has 7 heteroatoms. The smallest absolute Gasteiger partial charge is 0.333 e. The van der Waals surface area contributed by atoms with E-state index in [1.165, 1.54) is 11.5 Å². The summed E-state index contributed by atoms with van der Waals surface area (Å²) < 4.78 is 14.0. The number of aliphatic hydroxyl groups excluding tert-OH is 1. The third-order valence-corrected chi connectivity index (χ3v) is 4.65. The largest absolute Gasteiger partial charge is 0.494 e. The molecular formula is C23H26N2O5. The van der Waals surface area contributed by atoms with E-state index in [0.717, 1.165) is 11.4 Å². The Morgan fingerprint density at radius 1 is 1.03 bits per heavy atom. The van der Waals surface area contributed by atoms with Gasteiger partial charge in [0.1, 0.15) is 24.2 Å². The van der Waals surface area contributed by atoms with Crippen molar-refractivity contribution >= 4 is 5.78 Å². The summed E-state index contributed by atoms with van der Waals surface area (Å²) in [7, 11) is 0. The molecule has 0 saturated heterocycles. The van der Waals surface area contributed by atoms with Crippen LogP contribution in [0.1, 0.15) is 29.9 Å². The zero-order valence-electron chi connectivity index (χ0n) is 17.4. The molecule has 158 valence electrons. The molecule has 1 unspecified atom stereocenters. The number of aromatic nitrogens is 2. The number of hydrogen-bond acceptors (Lipinski definition) is 5. The third kappa shape index (κ3) is 4.99. The highest BCUT2D eigenvalue weighted by Crippen LogP contribution is 2.18. The first-order valence-electron chi connectivity index (χ1n) is 9.83. The molecule has 1 aromatic heterocycles. The number of nitrogens with zero attached hydrogens (tertiary/aromatic N) is 2. The molecule has 1 N–H and O–H groups in total. The molecule has 3 aromatic rings. The Morgan fingerprint density at radius 2 is 1.63 bits per heavy atom. The van der Waals surface area contributed by atoms with E-state index in [4.69, 9.17) is 9.47 Å². The second kappa shape index (κ2) is 9.45. The number of aliphatic hydroxyl groups is 1. The number of rotatable bonds is 9. The van der Waals surface area contributed by atoms with Crippen LogP contribution in [0, 0.1) is 6.92 Å². The number of Topliss-reactive ketones (excluding diaryl/α,β-unsaturated/α-hetero) is 1. The number of ketones is 1.